The largest absolute Gasteiger partial charge is 0.326 e. The first-order valence-electron chi connectivity index (χ1n) is 8.55. The first kappa shape index (κ1) is 18.4. The zero-order valence-electron chi connectivity index (χ0n) is 14.7. The topological polar surface area (TPSA) is 49.4 Å². The van der Waals surface area contributed by atoms with Crippen molar-refractivity contribution in [3.05, 3.63) is 58.4 Å². The van der Waals surface area contributed by atoms with E-state index in [-0.39, 0.29) is 23.3 Å². The van der Waals surface area contributed by atoms with E-state index in [1.807, 2.05) is 32.0 Å². The van der Waals surface area contributed by atoms with Crippen LogP contribution in [0.3, 0.4) is 0 Å². The molecule has 2 aromatic carbocycles. The van der Waals surface area contributed by atoms with Crippen LogP contribution in [0.5, 0.6) is 0 Å². The highest BCUT2D eigenvalue weighted by Crippen LogP contribution is 2.32. The number of anilines is 2. The van der Waals surface area contributed by atoms with Crippen LogP contribution >= 0.6 is 11.6 Å². The lowest BCUT2D eigenvalue weighted by Crippen LogP contribution is -2.29. The summed E-state index contributed by atoms with van der Waals surface area (Å²) in [4.78, 5) is 26.8. The molecule has 2 amide bonds. The van der Waals surface area contributed by atoms with E-state index in [4.69, 9.17) is 11.6 Å². The normalized spacial score (nSPS) is 16.8. The Morgan fingerprint density at radius 3 is 2.81 bits per heavy atom. The Morgan fingerprint density at radius 2 is 2.12 bits per heavy atom. The first-order valence-corrected chi connectivity index (χ1v) is 8.93. The summed E-state index contributed by atoms with van der Waals surface area (Å²) < 4.78 is 13.2. The van der Waals surface area contributed by atoms with Gasteiger partial charge in [-0.1, -0.05) is 36.7 Å². The van der Waals surface area contributed by atoms with Crippen LogP contribution in [-0.4, -0.2) is 18.4 Å². The van der Waals surface area contributed by atoms with Crippen LogP contribution in [-0.2, 0) is 16.0 Å². The zero-order valence-corrected chi connectivity index (χ0v) is 15.4. The number of carbonyl (C=O) groups is 2. The summed E-state index contributed by atoms with van der Waals surface area (Å²) in [6, 6.07) is 9.95. The molecule has 1 heterocycles. The minimum atomic E-state index is -0.543. The quantitative estimate of drug-likeness (QED) is 0.865. The summed E-state index contributed by atoms with van der Waals surface area (Å²) in [7, 11) is 0. The van der Waals surface area contributed by atoms with E-state index >= 15 is 0 Å². The van der Waals surface area contributed by atoms with Gasteiger partial charge in [-0.15, -0.1) is 0 Å². The van der Waals surface area contributed by atoms with Crippen LogP contribution in [0.2, 0.25) is 5.02 Å². The number of amides is 2. The minimum Gasteiger partial charge on any atom is -0.326 e. The van der Waals surface area contributed by atoms with Gasteiger partial charge in [0.2, 0.25) is 11.8 Å². The van der Waals surface area contributed by atoms with Gasteiger partial charge in [0.15, 0.2) is 0 Å². The Hall–Kier alpha value is -2.40. The Bertz CT molecular complexity index is 869. The third-order valence-electron chi connectivity index (χ3n) is 4.66. The number of para-hydroxylation sites is 1. The Kier molecular flexibility index (Phi) is 5.28. The Morgan fingerprint density at radius 1 is 1.35 bits per heavy atom. The zero-order chi connectivity index (χ0) is 18.8. The van der Waals surface area contributed by atoms with E-state index in [2.05, 4.69) is 5.32 Å². The molecule has 1 unspecified atom stereocenters. The van der Waals surface area contributed by atoms with Gasteiger partial charge >= 0.3 is 0 Å². The van der Waals surface area contributed by atoms with Gasteiger partial charge in [0.1, 0.15) is 5.82 Å². The smallest absolute Gasteiger partial charge is 0.229 e. The number of rotatable bonds is 4. The highest BCUT2D eigenvalue weighted by atomic mass is 35.5. The molecule has 4 nitrogen and oxygen atoms in total. The molecule has 1 N–H and O–H groups in total. The average molecular weight is 375 g/mol. The molecular formula is C20H20ClFN2O2. The van der Waals surface area contributed by atoms with Crippen LogP contribution in [0.4, 0.5) is 15.8 Å². The van der Waals surface area contributed by atoms with E-state index in [1.54, 1.807) is 4.90 Å². The monoisotopic (exact) mass is 374 g/mol. The summed E-state index contributed by atoms with van der Waals surface area (Å²) in [5, 5.41) is 2.66. The maximum Gasteiger partial charge on any atom is 0.229 e. The van der Waals surface area contributed by atoms with E-state index in [0.717, 1.165) is 23.2 Å². The van der Waals surface area contributed by atoms with Crippen LogP contribution < -0.4 is 10.2 Å². The van der Waals surface area contributed by atoms with Crippen molar-refractivity contribution in [1.82, 2.24) is 0 Å². The van der Waals surface area contributed by atoms with Crippen LogP contribution in [0, 0.1) is 18.7 Å². The van der Waals surface area contributed by atoms with Crippen molar-refractivity contribution in [2.45, 2.75) is 26.7 Å². The molecule has 136 valence electrons. The van der Waals surface area contributed by atoms with Gasteiger partial charge in [0.25, 0.3) is 0 Å². The second-order valence-corrected chi connectivity index (χ2v) is 6.87. The molecule has 1 saturated heterocycles. The molecule has 1 aliphatic heterocycles. The fraction of sp³-hybridized carbons (Fsp3) is 0.300. The molecule has 0 aliphatic carbocycles. The molecule has 26 heavy (non-hydrogen) atoms. The second kappa shape index (κ2) is 7.46. The molecule has 0 spiro atoms. The molecule has 0 bridgehead atoms. The van der Waals surface area contributed by atoms with Crippen molar-refractivity contribution in [3.8, 4) is 0 Å². The van der Waals surface area contributed by atoms with Gasteiger partial charge in [-0.2, -0.15) is 0 Å². The number of hydrogen-bond acceptors (Lipinski definition) is 2. The fourth-order valence-corrected chi connectivity index (χ4v) is 3.49. The summed E-state index contributed by atoms with van der Waals surface area (Å²) in [5.41, 5.74) is 3.42. The predicted molar refractivity (Wildman–Crippen MR) is 101 cm³/mol. The summed E-state index contributed by atoms with van der Waals surface area (Å²) >= 11 is 5.75. The minimum absolute atomic E-state index is 0.0561. The standard InChI is InChI=1S/C20H20ClFN2O2/c1-3-13-6-4-5-12(2)19(13)24-11-14(9-18(24)25)20(26)23-15-7-8-17(22)16(21)10-15/h4-8,10,14H,3,9,11H2,1-2H3,(H,23,26). The van der Waals surface area contributed by atoms with Crippen molar-refractivity contribution in [2.75, 3.05) is 16.8 Å². The van der Waals surface area contributed by atoms with Crippen LogP contribution in [0.1, 0.15) is 24.5 Å². The summed E-state index contributed by atoms with van der Waals surface area (Å²) in [6.45, 7) is 4.34. The third kappa shape index (κ3) is 3.58. The van der Waals surface area contributed by atoms with Gasteiger partial charge in [-0.05, 0) is 42.7 Å². The molecule has 2 aromatic rings. The van der Waals surface area contributed by atoms with Gasteiger partial charge in [0, 0.05) is 24.3 Å². The number of carbonyl (C=O) groups excluding carboxylic acids is 2. The SMILES string of the molecule is CCc1cccc(C)c1N1CC(C(=O)Nc2ccc(F)c(Cl)c2)CC1=O. The molecule has 1 fully saturated rings. The number of nitrogens with one attached hydrogen (secondary N) is 1. The van der Waals surface area contributed by atoms with Crippen LogP contribution in [0.15, 0.2) is 36.4 Å². The first-order chi connectivity index (χ1) is 12.4. The van der Waals surface area contributed by atoms with Gasteiger partial charge in [0.05, 0.1) is 10.9 Å². The highest BCUT2D eigenvalue weighted by Gasteiger charge is 2.36. The Labute approximate surface area is 157 Å². The molecule has 0 aromatic heterocycles. The summed E-state index contributed by atoms with van der Waals surface area (Å²) in [5.74, 6) is -1.34. The van der Waals surface area contributed by atoms with E-state index in [0.29, 0.717) is 12.2 Å². The van der Waals surface area contributed by atoms with E-state index < -0.39 is 11.7 Å². The van der Waals surface area contributed by atoms with Crippen molar-refractivity contribution in [1.29, 1.82) is 0 Å². The number of aryl methyl sites for hydroxylation is 2. The molecule has 3 rings (SSSR count). The second-order valence-electron chi connectivity index (χ2n) is 6.46. The molecular weight excluding hydrogens is 355 g/mol. The average Bonchev–Trinajstić information content (AvgIpc) is 2.99. The maximum atomic E-state index is 13.2. The van der Waals surface area contributed by atoms with E-state index in [9.17, 15) is 14.0 Å². The number of benzene rings is 2. The lowest BCUT2D eigenvalue weighted by atomic mass is 10.0. The van der Waals surface area contributed by atoms with E-state index in [1.165, 1.54) is 18.2 Å². The van der Waals surface area contributed by atoms with Crippen molar-refractivity contribution < 1.29 is 14.0 Å². The molecule has 0 radical (unpaired) electrons. The van der Waals surface area contributed by atoms with Crippen molar-refractivity contribution in [2.24, 2.45) is 5.92 Å². The van der Waals surface area contributed by atoms with Gasteiger partial charge in [-0.3, -0.25) is 9.59 Å². The number of halogens is 2. The third-order valence-corrected chi connectivity index (χ3v) is 4.94. The maximum absolute atomic E-state index is 13.2. The van der Waals surface area contributed by atoms with Crippen molar-refractivity contribution in [3.63, 3.8) is 0 Å². The summed E-state index contributed by atoms with van der Waals surface area (Å²) in [6.07, 6.45) is 0.962. The molecule has 6 heteroatoms. The van der Waals surface area contributed by atoms with Gasteiger partial charge < -0.3 is 10.2 Å². The Balaban J connectivity index is 1.77. The van der Waals surface area contributed by atoms with Crippen molar-refractivity contribution >= 4 is 34.8 Å². The molecule has 1 aliphatic rings. The lowest BCUT2D eigenvalue weighted by Gasteiger charge is -2.22. The van der Waals surface area contributed by atoms with Crippen LogP contribution in [0.25, 0.3) is 0 Å². The molecule has 1 atom stereocenters. The predicted octanol–water partition coefficient (Wildman–Crippen LogP) is 4.34. The number of nitrogens with zero attached hydrogens (tertiary/aromatic N) is 1. The van der Waals surface area contributed by atoms with Gasteiger partial charge in [-0.25, -0.2) is 4.39 Å². The molecule has 0 saturated carbocycles. The fourth-order valence-electron chi connectivity index (χ4n) is 3.31. The highest BCUT2D eigenvalue weighted by molar-refractivity contribution is 6.31. The lowest BCUT2D eigenvalue weighted by molar-refractivity contribution is -0.122. The number of hydrogen-bond donors (Lipinski definition) is 1.